The third kappa shape index (κ3) is 5.00. The fraction of sp³-hybridized carbons (Fsp3) is 0.154. The standard InChI is InChI=1S/C26H22N4O4S2/c1-15(17-6-4-3-5-7-17)34-26(33)27-25-24(28-29-30(25)2)22-14-21-20(36-22)13-19(35-21)18-10-8-16(9-11-18)12-23(31)32/h3-11,13-15H,12H2,1-2H3,(H,27,33)(H,31,32)/t15-/m1/s1. The van der Waals surface area contributed by atoms with E-state index >= 15 is 0 Å². The molecule has 10 heteroatoms. The zero-order valence-corrected chi connectivity index (χ0v) is 21.1. The summed E-state index contributed by atoms with van der Waals surface area (Å²) in [5.41, 5.74) is 3.29. The highest BCUT2D eigenvalue weighted by molar-refractivity contribution is 7.31. The molecule has 0 saturated carbocycles. The maximum atomic E-state index is 12.6. The first-order chi connectivity index (χ1) is 17.4. The Morgan fingerprint density at radius 3 is 2.39 bits per heavy atom. The first kappa shape index (κ1) is 23.7. The SMILES string of the molecule is C[C@@H](OC(=O)Nc1c(-c2cc3sc(-c4ccc(CC(=O)O)cc4)cc3s2)nnn1C)c1ccccc1. The maximum Gasteiger partial charge on any atom is 0.413 e. The third-order valence-corrected chi connectivity index (χ3v) is 7.98. The second kappa shape index (κ2) is 9.92. The molecule has 5 aromatic rings. The molecule has 5 rings (SSSR count). The van der Waals surface area contributed by atoms with E-state index in [-0.39, 0.29) is 6.42 Å². The van der Waals surface area contributed by atoms with Gasteiger partial charge in [-0.05, 0) is 35.7 Å². The van der Waals surface area contributed by atoms with Crippen molar-refractivity contribution in [2.24, 2.45) is 7.05 Å². The van der Waals surface area contributed by atoms with Crippen LogP contribution >= 0.6 is 22.7 Å². The highest BCUT2D eigenvalue weighted by atomic mass is 32.1. The molecule has 0 saturated heterocycles. The van der Waals surface area contributed by atoms with Gasteiger partial charge in [-0.25, -0.2) is 9.48 Å². The Hall–Kier alpha value is -4.02. The molecule has 0 aliphatic carbocycles. The molecule has 8 nitrogen and oxygen atoms in total. The summed E-state index contributed by atoms with van der Waals surface area (Å²) < 4.78 is 9.25. The number of hydrogen-bond donors (Lipinski definition) is 2. The molecular formula is C26H22N4O4S2. The molecule has 3 aromatic heterocycles. The number of carbonyl (C=O) groups excluding carboxylic acids is 1. The number of aryl methyl sites for hydroxylation is 1. The van der Waals surface area contributed by atoms with E-state index in [0.717, 1.165) is 35.8 Å². The number of aliphatic carboxylic acids is 1. The number of benzene rings is 2. The maximum absolute atomic E-state index is 12.6. The van der Waals surface area contributed by atoms with Crippen LogP contribution in [-0.2, 0) is 23.0 Å². The molecule has 2 N–H and O–H groups in total. The van der Waals surface area contributed by atoms with Crippen molar-refractivity contribution in [2.45, 2.75) is 19.4 Å². The van der Waals surface area contributed by atoms with Crippen molar-refractivity contribution in [1.82, 2.24) is 15.0 Å². The van der Waals surface area contributed by atoms with Crippen LogP contribution in [-0.4, -0.2) is 32.2 Å². The molecule has 2 aromatic carbocycles. The Kier molecular flexibility index (Phi) is 6.53. The summed E-state index contributed by atoms with van der Waals surface area (Å²) in [7, 11) is 1.72. The van der Waals surface area contributed by atoms with E-state index in [9.17, 15) is 9.59 Å². The van der Waals surface area contributed by atoms with E-state index in [2.05, 4.69) is 21.7 Å². The van der Waals surface area contributed by atoms with Crippen LogP contribution in [0.25, 0.3) is 30.4 Å². The first-order valence-electron chi connectivity index (χ1n) is 11.1. The van der Waals surface area contributed by atoms with E-state index in [4.69, 9.17) is 9.84 Å². The Balaban J connectivity index is 1.33. The lowest BCUT2D eigenvalue weighted by Gasteiger charge is -2.14. The average Bonchev–Trinajstić information content (AvgIpc) is 3.53. The van der Waals surface area contributed by atoms with Crippen LogP contribution in [0.5, 0.6) is 0 Å². The molecule has 182 valence electrons. The molecule has 0 fully saturated rings. The van der Waals surface area contributed by atoms with Crippen LogP contribution in [0.1, 0.15) is 24.2 Å². The van der Waals surface area contributed by atoms with Crippen LogP contribution in [0.4, 0.5) is 10.6 Å². The molecule has 0 aliphatic rings. The number of ether oxygens (including phenoxy) is 1. The van der Waals surface area contributed by atoms with Crippen LogP contribution < -0.4 is 5.32 Å². The van der Waals surface area contributed by atoms with Crippen molar-refractivity contribution in [3.05, 3.63) is 77.9 Å². The lowest BCUT2D eigenvalue weighted by molar-refractivity contribution is -0.136. The van der Waals surface area contributed by atoms with Crippen molar-refractivity contribution >= 4 is 50.0 Å². The fourth-order valence-corrected chi connectivity index (χ4v) is 6.19. The average molecular weight is 519 g/mol. The Labute approximate surface area is 214 Å². The largest absolute Gasteiger partial charge is 0.481 e. The number of carboxylic acid groups (broad SMARTS) is 1. The summed E-state index contributed by atoms with van der Waals surface area (Å²) in [5, 5.41) is 20.1. The highest BCUT2D eigenvalue weighted by Crippen LogP contribution is 2.42. The summed E-state index contributed by atoms with van der Waals surface area (Å²) in [6, 6.07) is 21.3. The van der Waals surface area contributed by atoms with Gasteiger partial charge in [0.2, 0.25) is 0 Å². The topological polar surface area (TPSA) is 106 Å². The van der Waals surface area contributed by atoms with Crippen LogP contribution in [0.15, 0.2) is 66.7 Å². The van der Waals surface area contributed by atoms with E-state index in [0.29, 0.717) is 11.5 Å². The Morgan fingerprint density at radius 1 is 1.03 bits per heavy atom. The number of carboxylic acids is 1. The minimum atomic E-state index is -0.844. The molecule has 0 radical (unpaired) electrons. The summed E-state index contributed by atoms with van der Waals surface area (Å²) in [4.78, 5) is 25.5. The van der Waals surface area contributed by atoms with E-state index in [1.807, 2.05) is 67.6 Å². The predicted molar refractivity (Wildman–Crippen MR) is 141 cm³/mol. The second-order valence-corrected chi connectivity index (χ2v) is 10.4. The van der Waals surface area contributed by atoms with Gasteiger partial charge in [-0.15, -0.1) is 27.8 Å². The molecular weight excluding hydrogens is 496 g/mol. The number of fused-ring (bicyclic) bond motifs is 1. The normalized spacial score (nSPS) is 11.9. The summed E-state index contributed by atoms with van der Waals surface area (Å²) in [6.45, 7) is 1.82. The van der Waals surface area contributed by atoms with Gasteiger partial charge < -0.3 is 9.84 Å². The molecule has 0 spiro atoms. The molecule has 0 aliphatic heterocycles. The second-order valence-electron chi connectivity index (χ2n) is 8.21. The van der Waals surface area contributed by atoms with E-state index in [1.54, 1.807) is 29.7 Å². The summed E-state index contributed by atoms with van der Waals surface area (Å²) >= 11 is 3.21. The lowest BCUT2D eigenvalue weighted by Crippen LogP contribution is -2.18. The number of nitrogens with one attached hydrogen (secondary N) is 1. The van der Waals surface area contributed by atoms with Crippen molar-refractivity contribution in [3.63, 3.8) is 0 Å². The molecule has 0 unspecified atom stereocenters. The van der Waals surface area contributed by atoms with Crippen molar-refractivity contribution in [1.29, 1.82) is 0 Å². The van der Waals surface area contributed by atoms with Gasteiger partial charge in [0.15, 0.2) is 5.82 Å². The van der Waals surface area contributed by atoms with Gasteiger partial charge in [0.05, 0.1) is 11.3 Å². The minimum Gasteiger partial charge on any atom is -0.481 e. The highest BCUT2D eigenvalue weighted by Gasteiger charge is 2.21. The van der Waals surface area contributed by atoms with Crippen molar-refractivity contribution < 1.29 is 19.4 Å². The van der Waals surface area contributed by atoms with Gasteiger partial charge in [-0.2, -0.15) is 0 Å². The molecule has 3 heterocycles. The number of rotatable bonds is 7. The van der Waals surface area contributed by atoms with Gasteiger partial charge in [0, 0.05) is 21.3 Å². The quantitative estimate of drug-likeness (QED) is 0.260. The zero-order valence-electron chi connectivity index (χ0n) is 19.5. The van der Waals surface area contributed by atoms with Gasteiger partial charge in [-0.3, -0.25) is 10.1 Å². The fourth-order valence-electron chi connectivity index (χ4n) is 3.80. The summed E-state index contributed by atoms with van der Waals surface area (Å²) in [6.07, 6.45) is -0.972. The molecule has 0 bridgehead atoms. The number of anilines is 1. The minimum absolute atomic E-state index is 0.0103. The van der Waals surface area contributed by atoms with Gasteiger partial charge in [0.1, 0.15) is 11.8 Å². The molecule has 1 amide bonds. The zero-order chi connectivity index (χ0) is 25.2. The van der Waals surface area contributed by atoms with Crippen molar-refractivity contribution in [2.75, 3.05) is 5.32 Å². The van der Waals surface area contributed by atoms with Gasteiger partial charge in [-0.1, -0.05) is 59.8 Å². The smallest absolute Gasteiger partial charge is 0.413 e. The van der Waals surface area contributed by atoms with Gasteiger partial charge >= 0.3 is 12.1 Å². The van der Waals surface area contributed by atoms with Crippen molar-refractivity contribution in [3.8, 4) is 21.0 Å². The summed E-state index contributed by atoms with van der Waals surface area (Å²) in [5.74, 6) is -0.382. The third-order valence-electron chi connectivity index (χ3n) is 5.63. The predicted octanol–water partition coefficient (Wildman–Crippen LogP) is 6.36. The Morgan fingerprint density at radius 2 is 1.69 bits per heavy atom. The number of nitrogens with zero attached hydrogens (tertiary/aromatic N) is 3. The van der Waals surface area contributed by atoms with E-state index in [1.165, 1.54) is 4.68 Å². The molecule has 1 atom stereocenters. The van der Waals surface area contributed by atoms with E-state index < -0.39 is 18.2 Å². The van der Waals surface area contributed by atoms with Gasteiger partial charge in [0.25, 0.3) is 0 Å². The van der Waals surface area contributed by atoms with Crippen LogP contribution in [0, 0.1) is 0 Å². The van der Waals surface area contributed by atoms with Crippen LogP contribution in [0.2, 0.25) is 0 Å². The molecule has 36 heavy (non-hydrogen) atoms. The number of carbonyl (C=O) groups is 2. The van der Waals surface area contributed by atoms with Crippen LogP contribution in [0.3, 0.4) is 0 Å². The number of hydrogen-bond acceptors (Lipinski definition) is 7. The monoisotopic (exact) mass is 518 g/mol. The first-order valence-corrected chi connectivity index (χ1v) is 12.8. The lowest BCUT2D eigenvalue weighted by atomic mass is 10.1. The Bertz CT molecular complexity index is 1510. The number of amides is 1. The number of aromatic nitrogens is 3. The number of thiophene rings is 2.